The molecule has 19 heavy (non-hydrogen) atoms. The Kier molecular flexibility index (Phi) is 3.99. The first-order chi connectivity index (χ1) is 9.22. The van der Waals surface area contributed by atoms with Gasteiger partial charge in [-0.2, -0.15) is 5.26 Å². The van der Waals surface area contributed by atoms with Crippen LogP contribution in [0.5, 0.6) is 5.75 Å². The number of anilines is 1. The lowest BCUT2D eigenvalue weighted by Gasteiger charge is -2.08. The third kappa shape index (κ3) is 3.23. The van der Waals surface area contributed by atoms with Gasteiger partial charge < -0.3 is 10.1 Å². The molecule has 0 radical (unpaired) electrons. The van der Waals surface area contributed by atoms with Crippen molar-refractivity contribution < 1.29 is 9.13 Å². The maximum absolute atomic E-state index is 13.5. The summed E-state index contributed by atoms with van der Waals surface area (Å²) in [6.45, 7) is 0.482. The fraction of sp³-hybridized carbons (Fsp3) is 0.133. The van der Waals surface area contributed by atoms with Crippen molar-refractivity contribution in [2.24, 2.45) is 0 Å². The van der Waals surface area contributed by atoms with E-state index in [2.05, 4.69) is 11.4 Å². The lowest BCUT2D eigenvalue weighted by atomic mass is 10.2. The molecule has 0 aliphatic heterocycles. The van der Waals surface area contributed by atoms with Crippen molar-refractivity contribution in [3.8, 4) is 11.8 Å². The summed E-state index contributed by atoms with van der Waals surface area (Å²) in [5.41, 5.74) is 2.22. The van der Waals surface area contributed by atoms with Crippen LogP contribution in [0.4, 0.5) is 10.1 Å². The van der Waals surface area contributed by atoms with E-state index < -0.39 is 0 Å². The largest absolute Gasteiger partial charge is 0.494 e. The zero-order valence-corrected chi connectivity index (χ0v) is 10.5. The van der Waals surface area contributed by atoms with Gasteiger partial charge in [-0.3, -0.25) is 0 Å². The van der Waals surface area contributed by atoms with Crippen LogP contribution >= 0.6 is 0 Å². The first-order valence-electron chi connectivity index (χ1n) is 5.79. The molecule has 96 valence electrons. The summed E-state index contributed by atoms with van der Waals surface area (Å²) in [5.74, 6) is -0.150. The van der Waals surface area contributed by atoms with Gasteiger partial charge in [0.1, 0.15) is 0 Å². The molecule has 0 spiro atoms. The number of rotatable bonds is 4. The van der Waals surface area contributed by atoms with Crippen molar-refractivity contribution in [1.29, 1.82) is 5.26 Å². The molecule has 2 aromatic carbocycles. The Morgan fingerprint density at radius 2 is 2.11 bits per heavy atom. The highest BCUT2D eigenvalue weighted by Gasteiger charge is 2.03. The van der Waals surface area contributed by atoms with Crippen LogP contribution in [0, 0.1) is 17.1 Å². The van der Waals surface area contributed by atoms with E-state index in [9.17, 15) is 4.39 Å². The summed E-state index contributed by atoms with van der Waals surface area (Å²) < 4.78 is 18.4. The van der Waals surface area contributed by atoms with E-state index in [4.69, 9.17) is 10.00 Å². The lowest BCUT2D eigenvalue weighted by molar-refractivity contribution is 0.386. The number of nitriles is 1. The SMILES string of the molecule is COc1ccc(CNc2cccc(C#N)c2)cc1F. The van der Waals surface area contributed by atoms with Crippen LogP contribution in [0.3, 0.4) is 0 Å². The average Bonchev–Trinajstić information content (AvgIpc) is 2.45. The van der Waals surface area contributed by atoms with E-state index in [1.807, 2.05) is 6.07 Å². The van der Waals surface area contributed by atoms with Gasteiger partial charge in [0.2, 0.25) is 0 Å². The molecule has 0 fully saturated rings. The molecule has 1 N–H and O–H groups in total. The predicted molar refractivity (Wildman–Crippen MR) is 71.4 cm³/mol. The molecule has 0 saturated carbocycles. The second kappa shape index (κ2) is 5.87. The Hall–Kier alpha value is -2.54. The van der Waals surface area contributed by atoms with E-state index in [0.717, 1.165) is 11.3 Å². The van der Waals surface area contributed by atoms with Crippen molar-refractivity contribution in [3.63, 3.8) is 0 Å². The molecule has 0 bridgehead atoms. The van der Waals surface area contributed by atoms with Crippen LogP contribution in [0.1, 0.15) is 11.1 Å². The van der Waals surface area contributed by atoms with Crippen molar-refractivity contribution in [3.05, 3.63) is 59.4 Å². The topological polar surface area (TPSA) is 45.0 Å². The standard InChI is InChI=1S/C15H13FN2O/c1-19-15-6-5-12(8-14(15)16)10-18-13-4-2-3-11(7-13)9-17/h2-8,18H,10H2,1H3. The van der Waals surface area contributed by atoms with Crippen molar-refractivity contribution >= 4 is 5.69 Å². The Morgan fingerprint density at radius 1 is 1.26 bits per heavy atom. The van der Waals surface area contributed by atoms with Gasteiger partial charge in [0.15, 0.2) is 11.6 Å². The van der Waals surface area contributed by atoms with E-state index >= 15 is 0 Å². The van der Waals surface area contributed by atoms with E-state index in [0.29, 0.717) is 12.1 Å². The molecular formula is C15H13FN2O. The van der Waals surface area contributed by atoms with Gasteiger partial charge in [0.05, 0.1) is 18.7 Å². The highest BCUT2D eigenvalue weighted by molar-refractivity contribution is 5.49. The maximum Gasteiger partial charge on any atom is 0.165 e. The normalized spacial score (nSPS) is 9.74. The maximum atomic E-state index is 13.5. The molecule has 4 heteroatoms. The van der Waals surface area contributed by atoms with Gasteiger partial charge in [0, 0.05) is 12.2 Å². The molecule has 0 aliphatic carbocycles. The first kappa shape index (κ1) is 12.9. The number of hydrogen-bond acceptors (Lipinski definition) is 3. The molecule has 0 aromatic heterocycles. The first-order valence-corrected chi connectivity index (χ1v) is 5.79. The Balaban J connectivity index is 2.06. The van der Waals surface area contributed by atoms with Crippen LogP contribution < -0.4 is 10.1 Å². The van der Waals surface area contributed by atoms with Gasteiger partial charge in [0.25, 0.3) is 0 Å². The minimum atomic E-state index is -0.382. The summed E-state index contributed by atoms with van der Waals surface area (Å²) in [6, 6.07) is 14.0. The van der Waals surface area contributed by atoms with Gasteiger partial charge in [-0.05, 0) is 35.9 Å². The van der Waals surface area contributed by atoms with Crippen LogP contribution in [0.15, 0.2) is 42.5 Å². The molecule has 0 aliphatic rings. The number of benzene rings is 2. The van der Waals surface area contributed by atoms with Crippen LogP contribution in [-0.2, 0) is 6.54 Å². The van der Waals surface area contributed by atoms with Crippen molar-refractivity contribution in [2.75, 3.05) is 12.4 Å². The zero-order chi connectivity index (χ0) is 13.7. The van der Waals surface area contributed by atoms with Crippen LogP contribution in [0.25, 0.3) is 0 Å². The smallest absolute Gasteiger partial charge is 0.165 e. The van der Waals surface area contributed by atoms with Gasteiger partial charge in [-0.1, -0.05) is 12.1 Å². The highest BCUT2D eigenvalue weighted by atomic mass is 19.1. The lowest BCUT2D eigenvalue weighted by Crippen LogP contribution is -2.00. The second-order valence-corrected chi connectivity index (χ2v) is 4.02. The number of halogens is 1. The molecular weight excluding hydrogens is 243 g/mol. The van der Waals surface area contributed by atoms with Gasteiger partial charge >= 0.3 is 0 Å². The third-order valence-electron chi connectivity index (χ3n) is 2.70. The summed E-state index contributed by atoms with van der Waals surface area (Å²) in [4.78, 5) is 0. The second-order valence-electron chi connectivity index (χ2n) is 4.02. The number of ether oxygens (including phenoxy) is 1. The summed E-state index contributed by atoms with van der Waals surface area (Å²) >= 11 is 0. The van der Waals surface area contributed by atoms with Crippen molar-refractivity contribution in [2.45, 2.75) is 6.54 Å². The molecule has 0 atom stereocenters. The van der Waals surface area contributed by atoms with Crippen LogP contribution in [0.2, 0.25) is 0 Å². The Labute approximate surface area is 111 Å². The fourth-order valence-electron chi connectivity index (χ4n) is 1.72. The monoisotopic (exact) mass is 256 g/mol. The number of methoxy groups -OCH3 is 1. The minimum absolute atomic E-state index is 0.232. The Morgan fingerprint density at radius 3 is 2.79 bits per heavy atom. The molecule has 0 unspecified atom stereocenters. The third-order valence-corrected chi connectivity index (χ3v) is 2.70. The summed E-state index contributed by atoms with van der Waals surface area (Å²) in [6.07, 6.45) is 0. The van der Waals surface area contributed by atoms with E-state index in [-0.39, 0.29) is 11.6 Å². The minimum Gasteiger partial charge on any atom is -0.494 e. The average molecular weight is 256 g/mol. The quantitative estimate of drug-likeness (QED) is 0.912. The van der Waals surface area contributed by atoms with Gasteiger partial charge in [-0.15, -0.1) is 0 Å². The molecule has 0 saturated heterocycles. The van der Waals surface area contributed by atoms with Crippen molar-refractivity contribution in [1.82, 2.24) is 0 Å². The number of hydrogen-bond donors (Lipinski definition) is 1. The van der Waals surface area contributed by atoms with Crippen LogP contribution in [-0.4, -0.2) is 7.11 Å². The molecule has 2 rings (SSSR count). The zero-order valence-electron chi connectivity index (χ0n) is 10.5. The molecule has 3 nitrogen and oxygen atoms in total. The summed E-state index contributed by atoms with van der Waals surface area (Å²) in [5, 5.41) is 11.9. The molecule has 0 heterocycles. The van der Waals surface area contributed by atoms with E-state index in [1.54, 1.807) is 30.3 Å². The number of nitrogens with one attached hydrogen (secondary N) is 1. The fourth-order valence-corrected chi connectivity index (χ4v) is 1.72. The molecule has 0 amide bonds. The predicted octanol–water partition coefficient (Wildman–Crippen LogP) is 3.32. The number of nitrogens with zero attached hydrogens (tertiary/aromatic N) is 1. The Bertz CT molecular complexity index is 620. The van der Waals surface area contributed by atoms with E-state index in [1.165, 1.54) is 13.2 Å². The molecule has 2 aromatic rings. The summed E-state index contributed by atoms with van der Waals surface area (Å²) in [7, 11) is 1.43. The highest BCUT2D eigenvalue weighted by Crippen LogP contribution is 2.18. The van der Waals surface area contributed by atoms with Gasteiger partial charge in [-0.25, -0.2) is 4.39 Å².